The molecule has 1 aromatic heterocycles. The van der Waals surface area contributed by atoms with Crippen LogP contribution in [-0.4, -0.2) is 60.3 Å². The first-order chi connectivity index (χ1) is 16.5. The zero-order valence-corrected chi connectivity index (χ0v) is 19.9. The summed E-state index contributed by atoms with van der Waals surface area (Å²) in [6.07, 6.45) is 1.78. The summed E-state index contributed by atoms with van der Waals surface area (Å²) in [5, 5.41) is 6.09. The highest BCUT2D eigenvalue weighted by molar-refractivity contribution is 5.96. The molecule has 34 heavy (non-hydrogen) atoms. The van der Waals surface area contributed by atoms with Crippen LogP contribution in [0.4, 0.5) is 5.69 Å². The van der Waals surface area contributed by atoms with E-state index >= 15 is 0 Å². The number of hydrogen-bond acceptors (Lipinski definition) is 5. The lowest BCUT2D eigenvalue weighted by Crippen LogP contribution is -2.49. The molecule has 7 nitrogen and oxygen atoms in total. The van der Waals surface area contributed by atoms with Gasteiger partial charge in [-0.3, -0.25) is 19.5 Å². The maximum absolute atomic E-state index is 13.4. The molecule has 0 aliphatic carbocycles. The van der Waals surface area contributed by atoms with Crippen molar-refractivity contribution in [3.63, 3.8) is 0 Å². The largest absolute Gasteiger partial charge is 0.379 e. The van der Waals surface area contributed by atoms with Crippen LogP contribution in [0, 0.1) is 6.92 Å². The third-order valence-electron chi connectivity index (χ3n) is 6.37. The van der Waals surface area contributed by atoms with Gasteiger partial charge < -0.3 is 15.5 Å². The predicted octanol–water partition coefficient (Wildman–Crippen LogP) is 3.49. The van der Waals surface area contributed by atoms with Crippen molar-refractivity contribution in [3.8, 4) is 0 Å². The number of nitrogens with one attached hydrogen (secondary N) is 2. The molecule has 2 amide bonds. The molecule has 7 heteroatoms. The van der Waals surface area contributed by atoms with E-state index in [-0.39, 0.29) is 17.9 Å². The Morgan fingerprint density at radius 3 is 2.65 bits per heavy atom. The van der Waals surface area contributed by atoms with Crippen molar-refractivity contribution in [1.82, 2.24) is 20.1 Å². The molecule has 1 unspecified atom stereocenters. The zero-order valence-electron chi connectivity index (χ0n) is 19.9. The summed E-state index contributed by atoms with van der Waals surface area (Å²) < 4.78 is 0. The number of amides is 2. The van der Waals surface area contributed by atoms with Gasteiger partial charge in [0, 0.05) is 49.7 Å². The first kappa shape index (κ1) is 23.4. The van der Waals surface area contributed by atoms with E-state index in [1.165, 1.54) is 0 Å². The third kappa shape index (κ3) is 5.26. The van der Waals surface area contributed by atoms with Crippen LogP contribution >= 0.6 is 0 Å². The number of likely N-dealkylation sites (N-methyl/N-ethyl adjacent to an activating group) is 1. The Bertz CT molecular complexity index is 1160. The number of anilines is 1. The Morgan fingerprint density at radius 2 is 1.88 bits per heavy atom. The standard InChI is InChI=1S/C27H31N5O2/c1-19-10-11-22(16-24(19)30-17-23-9-4-5-12-29-23)27(34)32-14-13-31(3)25(18-32)20-7-6-8-21(15-20)26(33)28-2/h4-12,15-16,25,30H,13-14,17-18H2,1-3H3,(H,28,33). The summed E-state index contributed by atoms with van der Waals surface area (Å²) in [6.45, 7) is 4.61. The van der Waals surface area contributed by atoms with Gasteiger partial charge in [-0.05, 0) is 61.5 Å². The molecule has 3 aromatic rings. The van der Waals surface area contributed by atoms with Gasteiger partial charge in [-0.2, -0.15) is 0 Å². The SMILES string of the molecule is CNC(=O)c1cccc(C2CN(C(=O)c3ccc(C)c(NCc4ccccn4)c3)CCN2C)c1. The third-order valence-corrected chi connectivity index (χ3v) is 6.37. The molecule has 2 aromatic carbocycles. The van der Waals surface area contributed by atoms with Crippen LogP contribution in [0.1, 0.15) is 43.6 Å². The van der Waals surface area contributed by atoms with Crippen LogP contribution in [0.15, 0.2) is 66.9 Å². The van der Waals surface area contributed by atoms with Crippen molar-refractivity contribution >= 4 is 17.5 Å². The molecule has 0 radical (unpaired) electrons. The van der Waals surface area contributed by atoms with Gasteiger partial charge in [0.25, 0.3) is 11.8 Å². The van der Waals surface area contributed by atoms with E-state index in [0.29, 0.717) is 30.8 Å². The molecule has 0 saturated carbocycles. The highest BCUT2D eigenvalue weighted by Crippen LogP contribution is 2.27. The number of carbonyl (C=O) groups is 2. The van der Waals surface area contributed by atoms with Crippen LogP contribution in [0.25, 0.3) is 0 Å². The van der Waals surface area contributed by atoms with Gasteiger partial charge in [0.05, 0.1) is 18.3 Å². The molecule has 1 atom stereocenters. The van der Waals surface area contributed by atoms with Crippen molar-refractivity contribution in [2.75, 3.05) is 39.0 Å². The average Bonchev–Trinajstić information content (AvgIpc) is 2.88. The Hall–Kier alpha value is -3.71. The minimum atomic E-state index is -0.112. The van der Waals surface area contributed by atoms with Crippen molar-refractivity contribution < 1.29 is 9.59 Å². The van der Waals surface area contributed by atoms with Crippen molar-refractivity contribution in [3.05, 3.63) is 94.8 Å². The lowest BCUT2D eigenvalue weighted by atomic mass is 9.99. The highest BCUT2D eigenvalue weighted by Gasteiger charge is 2.29. The molecule has 1 saturated heterocycles. The number of nitrogens with zero attached hydrogens (tertiary/aromatic N) is 3. The van der Waals surface area contributed by atoms with Crippen LogP contribution in [0.3, 0.4) is 0 Å². The van der Waals surface area contributed by atoms with E-state index in [4.69, 9.17) is 0 Å². The number of rotatable bonds is 6. The first-order valence-corrected chi connectivity index (χ1v) is 11.5. The molecule has 1 fully saturated rings. The van der Waals surface area contributed by atoms with Gasteiger partial charge >= 0.3 is 0 Å². The summed E-state index contributed by atoms with van der Waals surface area (Å²) in [7, 11) is 3.69. The Labute approximate surface area is 200 Å². The Morgan fingerprint density at radius 1 is 1.03 bits per heavy atom. The lowest BCUT2D eigenvalue weighted by Gasteiger charge is -2.40. The van der Waals surface area contributed by atoms with Crippen molar-refractivity contribution in [2.45, 2.75) is 19.5 Å². The summed E-state index contributed by atoms with van der Waals surface area (Å²) in [4.78, 5) is 34.0. The second-order valence-corrected chi connectivity index (χ2v) is 8.66. The van der Waals surface area contributed by atoms with E-state index < -0.39 is 0 Å². The topological polar surface area (TPSA) is 77.6 Å². The summed E-state index contributed by atoms with van der Waals surface area (Å²) in [6, 6.07) is 19.3. The van der Waals surface area contributed by atoms with E-state index in [2.05, 4.69) is 27.6 Å². The fourth-order valence-corrected chi connectivity index (χ4v) is 4.27. The predicted molar refractivity (Wildman–Crippen MR) is 134 cm³/mol. The minimum Gasteiger partial charge on any atom is -0.379 e. The summed E-state index contributed by atoms with van der Waals surface area (Å²) in [5.41, 5.74) is 5.27. The highest BCUT2D eigenvalue weighted by atomic mass is 16.2. The van der Waals surface area contributed by atoms with Gasteiger partial charge in [-0.15, -0.1) is 0 Å². The lowest BCUT2D eigenvalue weighted by molar-refractivity contribution is 0.0545. The van der Waals surface area contributed by atoms with Gasteiger partial charge in [0.2, 0.25) is 0 Å². The Balaban J connectivity index is 1.50. The fourth-order valence-electron chi connectivity index (χ4n) is 4.27. The van der Waals surface area contributed by atoms with Gasteiger partial charge in [-0.25, -0.2) is 0 Å². The summed E-state index contributed by atoms with van der Waals surface area (Å²) in [5.74, 6) is -0.0972. The van der Waals surface area contributed by atoms with Crippen molar-refractivity contribution in [1.29, 1.82) is 0 Å². The molecular weight excluding hydrogens is 426 g/mol. The monoisotopic (exact) mass is 457 g/mol. The van der Waals surface area contributed by atoms with Crippen LogP contribution in [0.5, 0.6) is 0 Å². The molecule has 1 aliphatic rings. The van der Waals surface area contributed by atoms with Crippen LogP contribution in [0.2, 0.25) is 0 Å². The number of hydrogen-bond donors (Lipinski definition) is 2. The maximum Gasteiger partial charge on any atom is 0.254 e. The van der Waals surface area contributed by atoms with E-state index in [1.807, 2.05) is 66.4 Å². The number of aromatic nitrogens is 1. The molecule has 2 N–H and O–H groups in total. The molecule has 1 aliphatic heterocycles. The van der Waals surface area contributed by atoms with E-state index in [1.54, 1.807) is 19.3 Å². The second kappa shape index (κ2) is 10.5. The van der Waals surface area contributed by atoms with Crippen LogP contribution in [-0.2, 0) is 6.54 Å². The summed E-state index contributed by atoms with van der Waals surface area (Å²) >= 11 is 0. The van der Waals surface area contributed by atoms with E-state index in [0.717, 1.165) is 29.1 Å². The number of piperazine rings is 1. The first-order valence-electron chi connectivity index (χ1n) is 11.5. The minimum absolute atomic E-state index is 0.0152. The maximum atomic E-state index is 13.4. The molecule has 0 bridgehead atoms. The molecule has 0 spiro atoms. The second-order valence-electron chi connectivity index (χ2n) is 8.66. The van der Waals surface area contributed by atoms with Gasteiger partial charge in [0.1, 0.15) is 0 Å². The van der Waals surface area contributed by atoms with Gasteiger partial charge in [0.15, 0.2) is 0 Å². The number of aryl methyl sites for hydroxylation is 1. The fraction of sp³-hybridized carbons (Fsp3) is 0.296. The average molecular weight is 458 g/mol. The van der Waals surface area contributed by atoms with Crippen molar-refractivity contribution in [2.24, 2.45) is 0 Å². The number of pyridine rings is 1. The van der Waals surface area contributed by atoms with Crippen LogP contribution < -0.4 is 10.6 Å². The molecular formula is C27H31N5O2. The number of benzene rings is 2. The van der Waals surface area contributed by atoms with E-state index in [9.17, 15) is 9.59 Å². The van der Waals surface area contributed by atoms with Gasteiger partial charge in [-0.1, -0.05) is 24.3 Å². The Kier molecular flexibility index (Phi) is 7.23. The molecule has 2 heterocycles. The quantitative estimate of drug-likeness (QED) is 0.593. The smallest absolute Gasteiger partial charge is 0.254 e. The molecule has 176 valence electrons. The molecule has 4 rings (SSSR count). The zero-order chi connectivity index (χ0) is 24.1. The normalized spacial score (nSPS) is 16.2. The number of carbonyl (C=O) groups excluding carboxylic acids is 2.